The molecule has 2 aromatic rings. The molecule has 0 spiro atoms. The van der Waals surface area contributed by atoms with Gasteiger partial charge in [0.2, 0.25) is 15.9 Å². The van der Waals surface area contributed by atoms with Crippen molar-refractivity contribution in [2.45, 2.75) is 25.7 Å². The van der Waals surface area contributed by atoms with Crippen LogP contribution in [0.2, 0.25) is 0 Å². The van der Waals surface area contributed by atoms with Crippen LogP contribution in [0, 0.1) is 5.82 Å². The summed E-state index contributed by atoms with van der Waals surface area (Å²) >= 11 is 0. The van der Waals surface area contributed by atoms with E-state index in [0.29, 0.717) is 18.5 Å². The fourth-order valence-corrected chi connectivity index (χ4v) is 4.65. The van der Waals surface area contributed by atoms with Gasteiger partial charge in [0.1, 0.15) is 5.82 Å². The van der Waals surface area contributed by atoms with Gasteiger partial charge < -0.3 is 5.32 Å². The van der Waals surface area contributed by atoms with Crippen LogP contribution >= 0.6 is 0 Å². The molecule has 0 aromatic heterocycles. The molecule has 0 atom stereocenters. The number of halogens is 1. The number of amides is 1. The largest absolute Gasteiger partial charge is 0.354 e. The van der Waals surface area contributed by atoms with Crippen molar-refractivity contribution in [3.63, 3.8) is 0 Å². The Hall–Kier alpha value is -2.41. The lowest BCUT2D eigenvalue weighted by Crippen LogP contribution is -2.43. The molecule has 1 aliphatic heterocycles. The minimum atomic E-state index is -3.52. The number of nitrogens with zero attached hydrogens (tertiary/aromatic N) is 1. The molecule has 144 valence electrons. The second-order valence-corrected chi connectivity index (χ2v) is 9.17. The van der Waals surface area contributed by atoms with Gasteiger partial charge in [0, 0.05) is 13.1 Å². The van der Waals surface area contributed by atoms with E-state index in [1.54, 1.807) is 32.0 Å². The zero-order valence-electron chi connectivity index (χ0n) is 15.4. The molecule has 0 aliphatic carbocycles. The summed E-state index contributed by atoms with van der Waals surface area (Å²) in [6.45, 7) is 3.89. The highest BCUT2D eigenvalue weighted by Crippen LogP contribution is 2.30. The predicted octanol–water partition coefficient (Wildman–Crippen LogP) is 2.61. The lowest BCUT2D eigenvalue weighted by Gasteiger charge is -2.25. The Morgan fingerprint density at radius 1 is 1.15 bits per heavy atom. The van der Waals surface area contributed by atoms with E-state index in [9.17, 15) is 17.6 Å². The van der Waals surface area contributed by atoms with E-state index in [2.05, 4.69) is 5.32 Å². The van der Waals surface area contributed by atoms with Gasteiger partial charge in [-0.1, -0.05) is 30.3 Å². The van der Waals surface area contributed by atoms with Gasteiger partial charge in [-0.2, -0.15) is 0 Å². The van der Waals surface area contributed by atoms with Gasteiger partial charge in [0.05, 0.1) is 16.9 Å². The van der Waals surface area contributed by atoms with Crippen LogP contribution in [-0.4, -0.2) is 33.2 Å². The molecule has 0 bridgehead atoms. The molecule has 2 aromatic carbocycles. The Morgan fingerprint density at radius 3 is 2.52 bits per heavy atom. The molecule has 0 fully saturated rings. The topological polar surface area (TPSA) is 66.5 Å². The number of carbonyl (C=O) groups is 1. The van der Waals surface area contributed by atoms with Crippen molar-refractivity contribution in [3.8, 4) is 0 Å². The van der Waals surface area contributed by atoms with Gasteiger partial charge in [-0.15, -0.1) is 0 Å². The lowest BCUT2D eigenvalue weighted by molar-refractivity contribution is -0.125. The zero-order chi connectivity index (χ0) is 19.7. The number of anilines is 1. The molecule has 1 aliphatic rings. The van der Waals surface area contributed by atoms with Crippen LogP contribution < -0.4 is 9.62 Å². The highest BCUT2D eigenvalue weighted by Gasteiger charge is 2.31. The van der Waals surface area contributed by atoms with Crippen LogP contribution in [0.5, 0.6) is 0 Å². The fraction of sp³-hybridized carbons (Fsp3) is 0.350. The summed E-state index contributed by atoms with van der Waals surface area (Å²) in [4.78, 5) is 12.5. The summed E-state index contributed by atoms with van der Waals surface area (Å²) in [6.07, 6.45) is 0.694. The third-order valence-electron chi connectivity index (χ3n) is 4.96. The number of hydrogen-bond acceptors (Lipinski definition) is 3. The van der Waals surface area contributed by atoms with E-state index >= 15 is 0 Å². The summed E-state index contributed by atoms with van der Waals surface area (Å²) in [5, 5.41) is 2.70. The van der Waals surface area contributed by atoms with E-state index < -0.39 is 15.4 Å². The van der Waals surface area contributed by atoms with Gasteiger partial charge in [-0.05, 0) is 49.6 Å². The van der Waals surface area contributed by atoms with Crippen molar-refractivity contribution in [1.29, 1.82) is 0 Å². The van der Waals surface area contributed by atoms with Crippen LogP contribution in [0.3, 0.4) is 0 Å². The second-order valence-electron chi connectivity index (χ2n) is 7.15. The average molecular weight is 390 g/mol. The molecule has 7 heteroatoms. The molecule has 5 nitrogen and oxygen atoms in total. The second kappa shape index (κ2) is 7.31. The Kier molecular flexibility index (Phi) is 5.24. The number of para-hydroxylation sites is 1. The Labute approximate surface area is 159 Å². The number of sulfonamides is 1. The van der Waals surface area contributed by atoms with Crippen molar-refractivity contribution >= 4 is 21.6 Å². The third kappa shape index (κ3) is 3.98. The minimum absolute atomic E-state index is 0.0183. The number of fused-ring (bicyclic) bond motifs is 1. The van der Waals surface area contributed by atoms with Gasteiger partial charge in [0.15, 0.2) is 0 Å². The fourth-order valence-electron chi connectivity index (χ4n) is 3.22. The quantitative estimate of drug-likeness (QED) is 0.825. The van der Waals surface area contributed by atoms with E-state index in [-0.39, 0.29) is 24.0 Å². The smallest absolute Gasteiger partial charge is 0.236 e. The zero-order valence-corrected chi connectivity index (χ0v) is 16.2. The van der Waals surface area contributed by atoms with E-state index in [1.165, 1.54) is 16.4 Å². The first-order chi connectivity index (χ1) is 12.7. The first-order valence-corrected chi connectivity index (χ1v) is 10.5. The van der Waals surface area contributed by atoms with Crippen LogP contribution in [0.15, 0.2) is 48.5 Å². The van der Waals surface area contributed by atoms with Crippen molar-refractivity contribution in [2.24, 2.45) is 0 Å². The van der Waals surface area contributed by atoms with Gasteiger partial charge in [0.25, 0.3) is 0 Å². The Bertz CT molecular complexity index is 940. The maximum absolute atomic E-state index is 13.1. The number of benzene rings is 2. The van der Waals surface area contributed by atoms with Crippen molar-refractivity contribution in [2.75, 3.05) is 23.1 Å². The highest BCUT2D eigenvalue weighted by molar-refractivity contribution is 7.92. The first-order valence-electron chi connectivity index (χ1n) is 8.84. The molecule has 0 saturated heterocycles. The van der Waals surface area contributed by atoms with Gasteiger partial charge >= 0.3 is 0 Å². The van der Waals surface area contributed by atoms with Crippen molar-refractivity contribution in [3.05, 3.63) is 65.5 Å². The summed E-state index contributed by atoms with van der Waals surface area (Å²) in [5.41, 5.74) is 1.51. The minimum Gasteiger partial charge on any atom is -0.354 e. The molecule has 0 radical (unpaired) electrons. The molecular weight excluding hydrogens is 367 g/mol. The first kappa shape index (κ1) is 19.4. The number of rotatable bonds is 6. The summed E-state index contributed by atoms with van der Waals surface area (Å²) in [5.74, 6) is -0.842. The molecular formula is C20H23FN2O3S. The maximum atomic E-state index is 13.1. The van der Waals surface area contributed by atoms with E-state index in [0.717, 1.165) is 11.3 Å². The van der Waals surface area contributed by atoms with Gasteiger partial charge in [-0.3, -0.25) is 9.10 Å². The Balaban J connectivity index is 1.62. The molecule has 1 N–H and O–H groups in total. The standard InChI is InChI=1S/C20H23FN2O3S/c1-20(2,16-7-9-17(21)10-8-16)19(24)22-12-14-27(25,26)23-13-11-15-5-3-4-6-18(15)23/h3-10H,11-14H2,1-2H3,(H,22,24). The van der Waals surface area contributed by atoms with Crippen LogP contribution in [-0.2, 0) is 26.7 Å². The molecule has 1 heterocycles. The molecule has 0 saturated carbocycles. The molecule has 0 unspecified atom stereocenters. The number of nitrogens with one attached hydrogen (secondary N) is 1. The Morgan fingerprint density at radius 2 is 1.81 bits per heavy atom. The average Bonchev–Trinajstić information content (AvgIpc) is 3.07. The maximum Gasteiger partial charge on any atom is 0.236 e. The number of carbonyl (C=O) groups excluding carboxylic acids is 1. The van der Waals surface area contributed by atoms with Crippen LogP contribution in [0.4, 0.5) is 10.1 Å². The summed E-state index contributed by atoms with van der Waals surface area (Å²) in [7, 11) is -3.52. The van der Waals surface area contributed by atoms with Crippen molar-refractivity contribution < 1.29 is 17.6 Å². The predicted molar refractivity (Wildman–Crippen MR) is 104 cm³/mol. The van der Waals surface area contributed by atoms with Crippen molar-refractivity contribution in [1.82, 2.24) is 5.32 Å². The highest BCUT2D eigenvalue weighted by atomic mass is 32.2. The van der Waals surface area contributed by atoms with E-state index in [1.807, 2.05) is 18.2 Å². The lowest BCUT2D eigenvalue weighted by atomic mass is 9.84. The normalized spacial score (nSPS) is 14.1. The van der Waals surface area contributed by atoms with Crippen LogP contribution in [0.1, 0.15) is 25.0 Å². The summed E-state index contributed by atoms with van der Waals surface area (Å²) in [6, 6.07) is 13.2. The molecule has 27 heavy (non-hydrogen) atoms. The molecule has 3 rings (SSSR count). The number of hydrogen-bond donors (Lipinski definition) is 1. The summed E-state index contributed by atoms with van der Waals surface area (Å²) < 4.78 is 39.8. The monoisotopic (exact) mass is 390 g/mol. The third-order valence-corrected chi connectivity index (χ3v) is 6.73. The van der Waals surface area contributed by atoms with Gasteiger partial charge in [-0.25, -0.2) is 12.8 Å². The van der Waals surface area contributed by atoms with Crippen LogP contribution in [0.25, 0.3) is 0 Å². The molecule has 1 amide bonds. The van der Waals surface area contributed by atoms with E-state index in [4.69, 9.17) is 0 Å². The SMILES string of the molecule is CC(C)(C(=O)NCCS(=O)(=O)N1CCc2ccccc21)c1ccc(F)cc1.